The number of sulfone groups is 1. The first-order chi connectivity index (χ1) is 8.74. The summed E-state index contributed by atoms with van der Waals surface area (Å²) < 4.78 is 25.7. The van der Waals surface area contributed by atoms with Crippen molar-refractivity contribution in [1.29, 1.82) is 0 Å². The molecule has 1 rings (SSSR count). The van der Waals surface area contributed by atoms with Crippen molar-refractivity contribution >= 4 is 27.4 Å². The molecular weight excluding hydrogens is 292 g/mol. The van der Waals surface area contributed by atoms with Gasteiger partial charge in [0.15, 0.2) is 15.1 Å². The molecule has 19 heavy (non-hydrogen) atoms. The summed E-state index contributed by atoms with van der Waals surface area (Å²) in [5.41, 5.74) is 0.887. The lowest BCUT2D eigenvalue weighted by Crippen LogP contribution is -2.31. The number of nitrogens with zero attached hydrogens (tertiary/aromatic N) is 2. The maximum atomic E-state index is 12.1. The summed E-state index contributed by atoms with van der Waals surface area (Å²) in [4.78, 5) is 11.0. The van der Waals surface area contributed by atoms with Gasteiger partial charge in [-0.2, -0.15) is 5.10 Å². The molecule has 1 aromatic heterocycles. The van der Waals surface area contributed by atoms with Crippen LogP contribution in [0.15, 0.2) is 0 Å². The van der Waals surface area contributed by atoms with Gasteiger partial charge in [0.05, 0.1) is 22.2 Å². The lowest BCUT2D eigenvalue weighted by atomic mass is 10.3. The summed E-state index contributed by atoms with van der Waals surface area (Å²) in [6.45, 7) is 5.50. The Kier molecular flexibility index (Phi) is 4.98. The van der Waals surface area contributed by atoms with Crippen molar-refractivity contribution in [3.8, 4) is 0 Å². The van der Waals surface area contributed by atoms with Crippen LogP contribution in [-0.2, 0) is 26.9 Å². The van der Waals surface area contributed by atoms with Gasteiger partial charge >= 0.3 is 5.97 Å². The third-order valence-electron chi connectivity index (χ3n) is 2.87. The number of carboxylic acid groups (broad SMARTS) is 1. The Labute approximate surface area is 117 Å². The van der Waals surface area contributed by atoms with Crippen LogP contribution in [0.5, 0.6) is 0 Å². The predicted molar refractivity (Wildman–Crippen MR) is 72.0 cm³/mol. The van der Waals surface area contributed by atoms with E-state index in [4.69, 9.17) is 16.7 Å². The van der Waals surface area contributed by atoms with Crippen LogP contribution < -0.4 is 0 Å². The molecule has 1 N–H and O–H groups in total. The van der Waals surface area contributed by atoms with Crippen molar-refractivity contribution in [2.75, 3.05) is 0 Å². The van der Waals surface area contributed by atoms with Gasteiger partial charge in [0.1, 0.15) is 0 Å². The first-order valence-corrected chi connectivity index (χ1v) is 8.00. The molecule has 0 fully saturated rings. The summed E-state index contributed by atoms with van der Waals surface area (Å²) in [5.74, 6) is -1.75. The number of aromatic nitrogens is 2. The molecule has 0 radical (unpaired) electrons. The summed E-state index contributed by atoms with van der Waals surface area (Å²) in [5, 5.41) is 11.9. The summed E-state index contributed by atoms with van der Waals surface area (Å²) in [6, 6.07) is 0. The summed E-state index contributed by atoms with van der Waals surface area (Å²) in [7, 11) is -3.81. The standard InChI is InChI=1S/C11H17ClN2O4S/c1-4-9(11(15)16)19(17,18)6-8-10(12)7(3)13-14(8)5-2/h9H,4-6H2,1-3H3,(H,15,16). The van der Waals surface area contributed by atoms with E-state index in [1.165, 1.54) is 11.6 Å². The molecule has 1 heterocycles. The van der Waals surface area contributed by atoms with E-state index >= 15 is 0 Å². The van der Waals surface area contributed by atoms with E-state index < -0.39 is 26.8 Å². The van der Waals surface area contributed by atoms with Gasteiger partial charge in [0.2, 0.25) is 0 Å². The number of aliphatic carboxylic acids is 1. The highest BCUT2D eigenvalue weighted by molar-refractivity contribution is 7.92. The lowest BCUT2D eigenvalue weighted by Gasteiger charge is -2.12. The van der Waals surface area contributed by atoms with Gasteiger partial charge in [0, 0.05) is 6.54 Å². The van der Waals surface area contributed by atoms with E-state index in [1.807, 2.05) is 6.92 Å². The molecule has 0 saturated carbocycles. The highest BCUT2D eigenvalue weighted by Crippen LogP contribution is 2.24. The Hall–Kier alpha value is -1.08. The van der Waals surface area contributed by atoms with Crippen LogP contribution in [0, 0.1) is 6.92 Å². The molecule has 0 aliphatic carbocycles. The van der Waals surface area contributed by atoms with Crippen LogP contribution in [0.2, 0.25) is 5.02 Å². The second-order valence-corrected chi connectivity index (χ2v) is 6.77. The fourth-order valence-corrected chi connectivity index (χ4v) is 3.85. The Morgan fingerprint density at radius 2 is 2.05 bits per heavy atom. The van der Waals surface area contributed by atoms with E-state index in [2.05, 4.69) is 5.10 Å². The molecular formula is C11H17ClN2O4S. The monoisotopic (exact) mass is 308 g/mol. The Bertz CT molecular complexity index is 580. The summed E-state index contributed by atoms with van der Waals surface area (Å²) >= 11 is 6.03. The van der Waals surface area contributed by atoms with E-state index in [9.17, 15) is 13.2 Å². The van der Waals surface area contributed by atoms with E-state index in [-0.39, 0.29) is 11.4 Å². The number of aryl methyl sites for hydroxylation is 2. The average molecular weight is 309 g/mol. The number of hydrogen-bond donors (Lipinski definition) is 1. The van der Waals surface area contributed by atoms with Crippen LogP contribution in [0.25, 0.3) is 0 Å². The second kappa shape index (κ2) is 5.92. The fraction of sp³-hybridized carbons (Fsp3) is 0.636. The van der Waals surface area contributed by atoms with Gasteiger partial charge in [-0.15, -0.1) is 0 Å². The maximum absolute atomic E-state index is 12.1. The highest BCUT2D eigenvalue weighted by atomic mass is 35.5. The largest absolute Gasteiger partial charge is 0.480 e. The van der Waals surface area contributed by atoms with Crippen molar-refractivity contribution in [1.82, 2.24) is 9.78 Å². The van der Waals surface area contributed by atoms with Crippen LogP contribution in [0.4, 0.5) is 0 Å². The Morgan fingerprint density at radius 3 is 2.47 bits per heavy atom. The van der Waals surface area contributed by atoms with Gasteiger partial charge in [0.25, 0.3) is 0 Å². The van der Waals surface area contributed by atoms with E-state index in [1.54, 1.807) is 6.92 Å². The lowest BCUT2D eigenvalue weighted by molar-refractivity contribution is -0.136. The van der Waals surface area contributed by atoms with Gasteiger partial charge < -0.3 is 5.11 Å². The van der Waals surface area contributed by atoms with Crippen LogP contribution >= 0.6 is 11.6 Å². The number of rotatable bonds is 6. The van der Waals surface area contributed by atoms with Gasteiger partial charge in [-0.1, -0.05) is 18.5 Å². The van der Waals surface area contributed by atoms with E-state index in [0.29, 0.717) is 17.9 Å². The zero-order valence-electron chi connectivity index (χ0n) is 11.1. The van der Waals surface area contributed by atoms with Crippen LogP contribution in [0.3, 0.4) is 0 Å². The van der Waals surface area contributed by atoms with Crippen molar-refractivity contribution in [3.05, 3.63) is 16.4 Å². The molecule has 108 valence electrons. The highest BCUT2D eigenvalue weighted by Gasteiger charge is 2.32. The Morgan fingerprint density at radius 1 is 1.47 bits per heavy atom. The molecule has 1 aromatic rings. The maximum Gasteiger partial charge on any atom is 0.321 e. The summed E-state index contributed by atoms with van der Waals surface area (Å²) in [6.07, 6.45) is 0.0224. The number of carbonyl (C=O) groups is 1. The molecule has 1 atom stereocenters. The minimum absolute atomic E-state index is 0.0224. The molecule has 0 saturated heterocycles. The zero-order valence-corrected chi connectivity index (χ0v) is 12.6. The van der Waals surface area contributed by atoms with Gasteiger partial charge in [-0.05, 0) is 20.3 Å². The number of carboxylic acids is 1. The number of hydrogen-bond acceptors (Lipinski definition) is 4. The molecule has 1 unspecified atom stereocenters. The van der Waals surface area contributed by atoms with Crippen LogP contribution in [-0.4, -0.2) is 34.5 Å². The molecule has 0 amide bonds. The smallest absolute Gasteiger partial charge is 0.321 e. The zero-order chi connectivity index (χ0) is 14.8. The normalized spacial score (nSPS) is 13.5. The SMILES string of the molecule is CCC(C(=O)O)S(=O)(=O)Cc1c(Cl)c(C)nn1CC. The molecule has 0 aromatic carbocycles. The minimum Gasteiger partial charge on any atom is -0.480 e. The third-order valence-corrected chi connectivity index (χ3v) is 5.44. The molecule has 0 spiro atoms. The van der Waals surface area contributed by atoms with E-state index in [0.717, 1.165) is 0 Å². The van der Waals surface area contributed by atoms with Crippen molar-refractivity contribution in [2.45, 2.75) is 44.7 Å². The Balaban J connectivity index is 3.18. The van der Waals surface area contributed by atoms with Gasteiger partial charge in [-0.25, -0.2) is 8.42 Å². The van der Waals surface area contributed by atoms with Crippen LogP contribution in [0.1, 0.15) is 31.7 Å². The first-order valence-electron chi connectivity index (χ1n) is 5.90. The van der Waals surface area contributed by atoms with Crippen molar-refractivity contribution in [2.24, 2.45) is 0 Å². The fourth-order valence-electron chi connectivity index (χ4n) is 1.88. The third kappa shape index (κ3) is 3.27. The van der Waals surface area contributed by atoms with Crippen molar-refractivity contribution < 1.29 is 18.3 Å². The molecule has 0 aliphatic heterocycles. The second-order valence-electron chi connectivity index (χ2n) is 4.20. The average Bonchev–Trinajstić information content (AvgIpc) is 2.56. The predicted octanol–water partition coefficient (Wildman–Crippen LogP) is 1.64. The molecule has 8 heteroatoms. The molecule has 6 nitrogen and oxygen atoms in total. The van der Waals surface area contributed by atoms with Crippen molar-refractivity contribution in [3.63, 3.8) is 0 Å². The molecule has 0 aliphatic rings. The topological polar surface area (TPSA) is 89.3 Å². The molecule has 0 bridgehead atoms. The first kappa shape index (κ1) is 16.0. The number of halogens is 1. The van der Waals surface area contributed by atoms with Gasteiger partial charge in [-0.3, -0.25) is 9.48 Å². The minimum atomic E-state index is -3.81. The quantitative estimate of drug-likeness (QED) is 0.863.